The molecule has 0 aliphatic carbocycles. The lowest BCUT2D eigenvalue weighted by Gasteiger charge is -2.51. The highest BCUT2D eigenvalue weighted by atomic mass is 28.3. The quantitative estimate of drug-likeness (QED) is 0.738. The zero-order chi connectivity index (χ0) is 12.8. The van der Waals surface area contributed by atoms with Crippen molar-refractivity contribution in [3.63, 3.8) is 0 Å². The SMILES string of the molecule is C[Si](C)(C)N1C=CC(N)=NC1(O)[Si](C)(C)C. The Bertz CT molecular complexity index is 341. The molecule has 0 radical (unpaired) electrons. The van der Waals surface area contributed by atoms with E-state index in [1.54, 1.807) is 6.08 Å². The topological polar surface area (TPSA) is 61.8 Å². The molecule has 0 fully saturated rings. The van der Waals surface area contributed by atoms with Crippen LogP contribution < -0.4 is 5.73 Å². The van der Waals surface area contributed by atoms with Crippen LogP contribution in [0.25, 0.3) is 0 Å². The number of rotatable bonds is 2. The summed E-state index contributed by atoms with van der Waals surface area (Å²) in [5.41, 5.74) is 4.63. The highest BCUT2D eigenvalue weighted by Gasteiger charge is 2.50. The third-order valence-electron chi connectivity index (χ3n) is 2.74. The van der Waals surface area contributed by atoms with Gasteiger partial charge in [0.2, 0.25) is 5.47 Å². The first-order chi connectivity index (χ1) is 6.98. The molecule has 1 unspecified atom stereocenters. The van der Waals surface area contributed by atoms with Crippen molar-refractivity contribution in [1.29, 1.82) is 0 Å². The average Bonchev–Trinajstić information content (AvgIpc) is 1.98. The maximum absolute atomic E-state index is 10.9. The van der Waals surface area contributed by atoms with Crippen LogP contribution in [0.3, 0.4) is 0 Å². The van der Waals surface area contributed by atoms with E-state index in [0.29, 0.717) is 5.84 Å². The Morgan fingerprint density at radius 2 is 1.75 bits per heavy atom. The van der Waals surface area contributed by atoms with Crippen LogP contribution in [0.1, 0.15) is 0 Å². The molecule has 1 rings (SSSR count). The van der Waals surface area contributed by atoms with Gasteiger partial charge in [0, 0.05) is 0 Å². The van der Waals surface area contributed by atoms with E-state index in [-0.39, 0.29) is 0 Å². The molecule has 4 nitrogen and oxygen atoms in total. The molecule has 1 heterocycles. The number of hydrogen-bond donors (Lipinski definition) is 2. The van der Waals surface area contributed by atoms with Crippen molar-refractivity contribution in [2.45, 2.75) is 44.8 Å². The summed E-state index contributed by atoms with van der Waals surface area (Å²) in [6.07, 6.45) is 3.68. The summed E-state index contributed by atoms with van der Waals surface area (Å²) in [6.45, 7) is 12.9. The van der Waals surface area contributed by atoms with E-state index in [0.717, 1.165) is 0 Å². The second kappa shape index (κ2) is 3.71. The van der Waals surface area contributed by atoms with Crippen molar-refractivity contribution in [2.24, 2.45) is 10.7 Å². The van der Waals surface area contributed by atoms with Crippen LogP contribution in [-0.2, 0) is 0 Å². The summed E-state index contributed by atoms with van der Waals surface area (Å²) < 4.78 is 2.04. The molecule has 3 N–H and O–H groups in total. The summed E-state index contributed by atoms with van der Waals surface area (Å²) in [6, 6.07) is 0. The van der Waals surface area contributed by atoms with Crippen molar-refractivity contribution in [1.82, 2.24) is 4.57 Å². The van der Waals surface area contributed by atoms with Crippen LogP contribution in [0.5, 0.6) is 0 Å². The fraction of sp³-hybridized carbons (Fsp3) is 0.700. The van der Waals surface area contributed by atoms with Crippen molar-refractivity contribution in [3.05, 3.63) is 12.3 Å². The Balaban J connectivity index is 3.26. The highest BCUT2D eigenvalue weighted by Crippen LogP contribution is 2.33. The van der Waals surface area contributed by atoms with Gasteiger partial charge in [0.05, 0.1) is 0 Å². The molecule has 0 spiro atoms. The van der Waals surface area contributed by atoms with Gasteiger partial charge in [0.15, 0.2) is 8.24 Å². The van der Waals surface area contributed by atoms with E-state index in [9.17, 15) is 5.11 Å². The lowest BCUT2D eigenvalue weighted by Crippen LogP contribution is -2.68. The van der Waals surface area contributed by atoms with Crippen LogP contribution in [-0.4, -0.2) is 37.3 Å². The molecule has 0 saturated heterocycles. The summed E-state index contributed by atoms with van der Waals surface area (Å²) in [7, 11) is -3.56. The highest BCUT2D eigenvalue weighted by molar-refractivity contribution is 6.82. The number of nitrogens with zero attached hydrogens (tertiary/aromatic N) is 2. The van der Waals surface area contributed by atoms with Crippen LogP contribution in [0.4, 0.5) is 0 Å². The molecule has 0 aromatic carbocycles. The van der Waals surface area contributed by atoms with Gasteiger partial charge in [0.1, 0.15) is 13.9 Å². The van der Waals surface area contributed by atoms with Gasteiger partial charge in [-0.3, -0.25) is 0 Å². The number of hydrogen-bond acceptors (Lipinski definition) is 4. The van der Waals surface area contributed by atoms with Gasteiger partial charge < -0.3 is 15.4 Å². The van der Waals surface area contributed by atoms with Gasteiger partial charge in [-0.1, -0.05) is 39.3 Å². The first kappa shape index (κ1) is 13.5. The minimum absolute atomic E-state index is 0.416. The van der Waals surface area contributed by atoms with E-state index < -0.39 is 21.8 Å². The standard InChI is InChI=1S/C10H23N3OSi2/c1-15(2,3)10(14)12-9(11)7-8-13(10)16(4,5)6/h7-8,14H,1-6H3,(H2,11,12). The predicted octanol–water partition coefficient (Wildman–Crippen LogP) is 1.53. The fourth-order valence-electron chi connectivity index (χ4n) is 1.75. The number of aliphatic hydroxyl groups is 1. The van der Waals surface area contributed by atoms with Crippen molar-refractivity contribution < 1.29 is 5.11 Å². The van der Waals surface area contributed by atoms with E-state index >= 15 is 0 Å². The minimum atomic E-state index is -1.90. The predicted molar refractivity (Wildman–Crippen MR) is 74.2 cm³/mol. The normalized spacial score (nSPS) is 26.9. The molecular formula is C10H23N3OSi2. The molecule has 6 heteroatoms. The molecule has 0 amide bonds. The molecular weight excluding hydrogens is 234 g/mol. The maximum atomic E-state index is 10.9. The lowest BCUT2D eigenvalue weighted by atomic mass is 10.5. The first-order valence-electron chi connectivity index (χ1n) is 5.54. The van der Waals surface area contributed by atoms with Gasteiger partial charge >= 0.3 is 0 Å². The van der Waals surface area contributed by atoms with Crippen LogP contribution in [0.2, 0.25) is 39.3 Å². The second-order valence-electron chi connectivity index (χ2n) is 6.28. The molecule has 1 atom stereocenters. The van der Waals surface area contributed by atoms with Crippen molar-refractivity contribution in [3.8, 4) is 0 Å². The molecule has 16 heavy (non-hydrogen) atoms. The van der Waals surface area contributed by atoms with Gasteiger partial charge in [-0.2, -0.15) is 0 Å². The summed E-state index contributed by atoms with van der Waals surface area (Å²) in [5, 5.41) is 10.9. The Morgan fingerprint density at radius 3 is 2.12 bits per heavy atom. The van der Waals surface area contributed by atoms with Gasteiger partial charge in [0.25, 0.3) is 0 Å². The molecule has 92 valence electrons. The molecule has 0 aromatic heterocycles. The lowest BCUT2D eigenvalue weighted by molar-refractivity contribution is 0.0322. The summed E-state index contributed by atoms with van der Waals surface area (Å²) in [5.74, 6) is 0.416. The summed E-state index contributed by atoms with van der Waals surface area (Å²) in [4.78, 5) is 4.32. The minimum Gasteiger partial charge on any atom is -0.384 e. The van der Waals surface area contributed by atoms with E-state index in [2.05, 4.69) is 44.3 Å². The van der Waals surface area contributed by atoms with Gasteiger partial charge in [-0.15, -0.1) is 0 Å². The smallest absolute Gasteiger partial charge is 0.208 e. The van der Waals surface area contributed by atoms with E-state index in [4.69, 9.17) is 5.73 Å². The first-order valence-corrected chi connectivity index (χ1v) is 12.5. The Morgan fingerprint density at radius 1 is 1.25 bits per heavy atom. The molecule has 0 bridgehead atoms. The number of nitrogens with two attached hydrogens (primary N) is 1. The second-order valence-corrected chi connectivity index (χ2v) is 16.3. The zero-order valence-electron chi connectivity index (χ0n) is 11.1. The van der Waals surface area contributed by atoms with Crippen LogP contribution in [0.15, 0.2) is 17.3 Å². The van der Waals surface area contributed by atoms with Crippen molar-refractivity contribution >= 4 is 22.1 Å². The maximum Gasteiger partial charge on any atom is 0.208 e. The molecule has 0 saturated carbocycles. The third-order valence-corrected chi connectivity index (χ3v) is 7.24. The Labute approximate surface area is 100.0 Å². The van der Waals surface area contributed by atoms with Crippen molar-refractivity contribution in [2.75, 3.05) is 0 Å². The fourth-order valence-corrected chi connectivity index (χ4v) is 6.53. The Hall–Kier alpha value is -0.596. The van der Waals surface area contributed by atoms with Gasteiger partial charge in [-0.05, 0) is 12.3 Å². The number of aliphatic imine (C=N–C) groups is 1. The molecule has 1 aliphatic heterocycles. The third kappa shape index (κ3) is 2.23. The Kier molecular flexibility index (Phi) is 3.12. The van der Waals surface area contributed by atoms with Crippen LogP contribution in [0, 0.1) is 0 Å². The average molecular weight is 257 g/mol. The number of amidine groups is 1. The van der Waals surface area contributed by atoms with Gasteiger partial charge in [-0.25, -0.2) is 4.99 Å². The zero-order valence-corrected chi connectivity index (χ0v) is 13.1. The largest absolute Gasteiger partial charge is 0.384 e. The van der Waals surface area contributed by atoms with E-state index in [1.807, 2.05) is 10.8 Å². The van der Waals surface area contributed by atoms with Crippen LogP contribution >= 0.6 is 0 Å². The monoisotopic (exact) mass is 257 g/mol. The molecule has 1 aliphatic rings. The molecule has 0 aromatic rings. The van der Waals surface area contributed by atoms with E-state index in [1.165, 1.54) is 0 Å². The summed E-state index contributed by atoms with van der Waals surface area (Å²) >= 11 is 0.